The minimum absolute atomic E-state index is 0.128. The van der Waals surface area contributed by atoms with E-state index in [1.165, 1.54) is 0 Å². The van der Waals surface area contributed by atoms with E-state index in [1.54, 1.807) is 20.8 Å². The van der Waals surface area contributed by atoms with Crippen molar-refractivity contribution in [1.82, 2.24) is 0 Å². The van der Waals surface area contributed by atoms with Gasteiger partial charge in [-0.05, 0) is 20.8 Å². The van der Waals surface area contributed by atoms with Crippen molar-refractivity contribution in [3.05, 3.63) is 0 Å². The minimum Gasteiger partial charge on any atom is -0.460 e. The molecule has 0 aromatic carbocycles. The maximum Gasteiger partial charge on any atom is 0.313 e. The summed E-state index contributed by atoms with van der Waals surface area (Å²) < 4.78 is 5.03. The van der Waals surface area contributed by atoms with Crippen LogP contribution in [0.15, 0.2) is 0 Å². The Morgan fingerprint density at radius 1 is 1.26 bits per heavy atom. The largest absolute Gasteiger partial charge is 0.460 e. The molecule has 0 aliphatic carbocycles. The first-order chi connectivity index (χ1) is 8.39. The quantitative estimate of drug-likeness (QED) is 0.371. The number of ether oxygens (including phenoxy) is 1. The molecule has 1 atom stereocenters. The fourth-order valence-corrected chi connectivity index (χ4v) is 1.78. The molecule has 4 nitrogen and oxygen atoms in total. The highest BCUT2D eigenvalue weighted by molar-refractivity contribution is 6.83. The lowest BCUT2D eigenvalue weighted by Gasteiger charge is -2.19. The summed E-state index contributed by atoms with van der Waals surface area (Å²) in [5, 5.41) is 9.60. The highest BCUT2D eigenvalue weighted by Crippen LogP contribution is 2.09. The number of ketones is 1. The van der Waals surface area contributed by atoms with Gasteiger partial charge in [0.05, 0.1) is 0 Å². The lowest BCUT2D eigenvalue weighted by Crippen LogP contribution is -2.26. The summed E-state index contributed by atoms with van der Waals surface area (Å²) in [6, 6.07) is 0. The van der Waals surface area contributed by atoms with E-state index in [0.29, 0.717) is 0 Å². The van der Waals surface area contributed by atoms with E-state index in [1.807, 2.05) is 0 Å². The number of rotatable bonds is 4. The van der Waals surface area contributed by atoms with Crippen molar-refractivity contribution in [2.24, 2.45) is 0 Å². The number of aliphatic hydroxyl groups excluding tert-OH is 1. The maximum atomic E-state index is 11.6. The van der Waals surface area contributed by atoms with Crippen molar-refractivity contribution in [1.29, 1.82) is 0 Å². The zero-order chi connectivity index (χ0) is 15.3. The van der Waals surface area contributed by atoms with E-state index >= 15 is 0 Å². The van der Waals surface area contributed by atoms with E-state index < -0.39 is 25.7 Å². The van der Waals surface area contributed by atoms with Gasteiger partial charge in [-0.1, -0.05) is 25.6 Å². The van der Waals surface area contributed by atoms with Crippen molar-refractivity contribution in [3.63, 3.8) is 0 Å². The zero-order valence-electron chi connectivity index (χ0n) is 12.7. The first-order valence-corrected chi connectivity index (χ1v) is 9.83. The second-order valence-corrected chi connectivity index (χ2v) is 11.3. The molecule has 0 aliphatic heterocycles. The van der Waals surface area contributed by atoms with Crippen LogP contribution in [0.3, 0.4) is 0 Å². The molecule has 0 saturated carbocycles. The van der Waals surface area contributed by atoms with Crippen molar-refractivity contribution in [3.8, 4) is 11.5 Å². The second kappa shape index (κ2) is 6.87. The Balaban J connectivity index is 4.25. The number of carbonyl (C=O) groups excluding carboxylic acids is 2. The molecular weight excluding hydrogens is 260 g/mol. The van der Waals surface area contributed by atoms with Gasteiger partial charge in [-0.3, -0.25) is 9.59 Å². The van der Waals surface area contributed by atoms with Gasteiger partial charge in [-0.25, -0.2) is 0 Å². The van der Waals surface area contributed by atoms with E-state index in [4.69, 9.17) is 4.74 Å². The van der Waals surface area contributed by atoms with Crippen LogP contribution >= 0.6 is 0 Å². The predicted octanol–water partition coefficient (Wildman–Crippen LogP) is 1.92. The number of aliphatic hydroxyl groups is 1. The normalized spacial score (nSPS) is 13.2. The zero-order valence-corrected chi connectivity index (χ0v) is 13.7. The lowest BCUT2D eigenvalue weighted by molar-refractivity contribution is -0.156. The van der Waals surface area contributed by atoms with Gasteiger partial charge in [0.15, 0.2) is 0 Å². The van der Waals surface area contributed by atoms with Crippen molar-refractivity contribution in [2.45, 2.75) is 65.0 Å². The molecule has 0 aliphatic rings. The number of carbonyl (C=O) groups is 2. The van der Waals surface area contributed by atoms with E-state index in [9.17, 15) is 14.7 Å². The van der Waals surface area contributed by atoms with Crippen LogP contribution in [0, 0.1) is 11.5 Å². The summed E-state index contributed by atoms with van der Waals surface area (Å²) in [7, 11) is -1.56. The molecular formula is C14H24O4Si. The van der Waals surface area contributed by atoms with Gasteiger partial charge in [-0.15, -0.1) is 5.54 Å². The molecule has 108 valence electrons. The maximum absolute atomic E-state index is 11.6. The van der Waals surface area contributed by atoms with Crippen molar-refractivity contribution in [2.75, 3.05) is 0 Å². The van der Waals surface area contributed by atoms with E-state index in [-0.39, 0.29) is 18.6 Å². The molecule has 0 aromatic heterocycles. The van der Waals surface area contributed by atoms with Crippen LogP contribution < -0.4 is 0 Å². The molecule has 0 radical (unpaired) electrons. The monoisotopic (exact) mass is 284 g/mol. The first kappa shape index (κ1) is 17.9. The summed E-state index contributed by atoms with van der Waals surface area (Å²) in [5.74, 6) is 1.75. The third-order valence-electron chi connectivity index (χ3n) is 1.80. The number of esters is 1. The summed E-state index contributed by atoms with van der Waals surface area (Å²) in [5.41, 5.74) is 2.39. The van der Waals surface area contributed by atoms with E-state index in [2.05, 4.69) is 31.1 Å². The van der Waals surface area contributed by atoms with Crippen LogP contribution in [0.4, 0.5) is 0 Å². The van der Waals surface area contributed by atoms with Crippen LogP contribution in [0.2, 0.25) is 19.6 Å². The fourth-order valence-electron chi connectivity index (χ4n) is 1.18. The van der Waals surface area contributed by atoms with Crippen LogP contribution in [0.5, 0.6) is 0 Å². The average Bonchev–Trinajstić information content (AvgIpc) is 2.09. The summed E-state index contributed by atoms with van der Waals surface area (Å²) in [4.78, 5) is 23.0. The molecule has 1 N–H and O–H groups in total. The van der Waals surface area contributed by atoms with Gasteiger partial charge in [0.1, 0.15) is 32.0 Å². The summed E-state index contributed by atoms with van der Waals surface area (Å²) >= 11 is 0. The molecule has 0 fully saturated rings. The molecule has 5 heteroatoms. The third kappa shape index (κ3) is 11.7. The van der Waals surface area contributed by atoms with Crippen LogP contribution in [-0.2, 0) is 14.3 Å². The van der Waals surface area contributed by atoms with Crippen molar-refractivity contribution < 1.29 is 19.4 Å². The number of Topliss-reactive ketones (excluding diaryl/α,β-unsaturated/α-hetero) is 1. The molecule has 0 unspecified atom stereocenters. The fraction of sp³-hybridized carbons (Fsp3) is 0.714. The van der Waals surface area contributed by atoms with Gasteiger partial charge in [0, 0.05) is 6.42 Å². The predicted molar refractivity (Wildman–Crippen MR) is 77.2 cm³/mol. The molecule has 0 heterocycles. The Kier molecular flexibility index (Phi) is 6.47. The second-order valence-electron chi connectivity index (χ2n) is 6.54. The van der Waals surface area contributed by atoms with Gasteiger partial charge in [0.25, 0.3) is 0 Å². The van der Waals surface area contributed by atoms with Gasteiger partial charge in [0.2, 0.25) is 0 Å². The molecule has 0 amide bonds. The van der Waals surface area contributed by atoms with Crippen LogP contribution in [0.25, 0.3) is 0 Å². The highest BCUT2D eigenvalue weighted by atomic mass is 28.3. The Morgan fingerprint density at radius 3 is 2.21 bits per heavy atom. The molecule has 19 heavy (non-hydrogen) atoms. The first-order valence-electron chi connectivity index (χ1n) is 6.33. The molecule has 0 spiro atoms. The number of hydrogen-bond donors (Lipinski definition) is 1. The molecule has 0 aromatic rings. The standard InChI is InChI=1S/C14H24O4Si/c1-14(2,3)18-13(17)10-12(16)9-11(15)7-8-19(4,5)6/h11,15H,9-10H2,1-6H3/t11-/m0/s1. The Labute approximate surface area is 116 Å². The summed E-state index contributed by atoms with van der Waals surface area (Å²) in [6.07, 6.45) is -1.44. The Hall–Kier alpha value is -1.12. The van der Waals surface area contributed by atoms with Crippen molar-refractivity contribution >= 4 is 19.8 Å². The van der Waals surface area contributed by atoms with Gasteiger partial charge >= 0.3 is 5.97 Å². The Morgan fingerprint density at radius 2 is 1.79 bits per heavy atom. The smallest absolute Gasteiger partial charge is 0.313 e. The van der Waals surface area contributed by atoms with Gasteiger partial charge in [-0.2, -0.15) is 0 Å². The average molecular weight is 284 g/mol. The van der Waals surface area contributed by atoms with Crippen LogP contribution in [0.1, 0.15) is 33.6 Å². The molecule has 0 bridgehead atoms. The Bertz CT molecular complexity index is 390. The van der Waals surface area contributed by atoms with E-state index in [0.717, 1.165) is 0 Å². The highest BCUT2D eigenvalue weighted by Gasteiger charge is 2.20. The number of hydrogen-bond acceptors (Lipinski definition) is 4. The lowest BCUT2D eigenvalue weighted by atomic mass is 10.1. The third-order valence-corrected chi connectivity index (χ3v) is 2.69. The van der Waals surface area contributed by atoms with Gasteiger partial charge < -0.3 is 9.84 Å². The van der Waals surface area contributed by atoms with Crippen LogP contribution in [-0.4, -0.2) is 36.6 Å². The minimum atomic E-state index is -1.56. The topological polar surface area (TPSA) is 63.6 Å². The summed E-state index contributed by atoms with van der Waals surface area (Å²) in [6.45, 7) is 11.4. The molecule has 0 saturated heterocycles. The molecule has 0 rings (SSSR count). The SMILES string of the molecule is CC(C)(C)OC(=O)CC(=O)C[C@@H](O)C#C[Si](C)(C)C.